The summed E-state index contributed by atoms with van der Waals surface area (Å²) >= 11 is 0. The lowest BCUT2D eigenvalue weighted by atomic mass is 9.96. The molecule has 1 unspecified atom stereocenters. The quantitative estimate of drug-likeness (QED) is 0.762. The number of pyridine rings is 1. The van der Waals surface area contributed by atoms with E-state index in [0.717, 1.165) is 61.0 Å². The number of nitrogens with one attached hydrogen (secondary N) is 2. The van der Waals surface area contributed by atoms with E-state index in [9.17, 15) is 4.79 Å². The van der Waals surface area contributed by atoms with Gasteiger partial charge in [-0.1, -0.05) is 6.92 Å². The zero-order valence-electron chi connectivity index (χ0n) is 14.3. The summed E-state index contributed by atoms with van der Waals surface area (Å²) in [6.07, 6.45) is 6.55. The molecule has 130 valence electrons. The topological polar surface area (TPSA) is 86.8 Å². The molecule has 7 heteroatoms. The monoisotopic (exact) mass is 338 g/mol. The molecular formula is C18H22N6O. The fourth-order valence-electron chi connectivity index (χ4n) is 3.59. The molecule has 3 aromatic rings. The molecule has 1 fully saturated rings. The first-order valence-corrected chi connectivity index (χ1v) is 8.89. The normalized spacial score (nSPS) is 18.0. The molecule has 0 aliphatic carbocycles. The highest BCUT2D eigenvalue weighted by Gasteiger charge is 2.27. The maximum absolute atomic E-state index is 12.4. The van der Waals surface area contributed by atoms with E-state index < -0.39 is 0 Å². The highest BCUT2D eigenvalue weighted by Crippen LogP contribution is 2.32. The van der Waals surface area contributed by atoms with Gasteiger partial charge in [0.1, 0.15) is 0 Å². The Morgan fingerprint density at radius 1 is 1.40 bits per heavy atom. The Morgan fingerprint density at radius 3 is 3.20 bits per heavy atom. The SMILES string of the molecule is CCCNC(=O)C1CCCN(c2cc[nH]c3nnc4nccc4c23)C1. The zero-order valence-corrected chi connectivity index (χ0v) is 14.3. The summed E-state index contributed by atoms with van der Waals surface area (Å²) in [5.74, 6) is 0.195. The minimum absolute atomic E-state index is 0.0302. The fourth-order valence-corrected chi connectivity index (χ4v) is 3.59. The standard InChI is InChI=1S/C18H22N6O/c1-2-7-21-18(25)12-4-3-10-24(11-12)14-6-9-20-17-15(14)13-5-8-19-16(13)22-23-17/h5-6,8-9,12H,2-4,7,10-11H2,1H3,(H,20,23)(H,21,25). The van der Waals surface area contributed by atoms with Crippen LogP contribution in [0.15, 0.2) is 24.5 Å². The molecule has 0 radical (unpaired) electrons. The van der Waals surface area contributed by atoms with Crippen LogP contribution < -0.4 is 10.2 Å². The molecule has 0 aromatic carbocycles. The molecule has 0 bridgehead atoms. The van der Waals surface area contributed by atoms with Crippen LogP contribution in [-0.2, 0) is 4.79 Å². The maximum atomic E-state index is 12.4. The molecule has 25 heavy (non-hydrogen) atoms. The number of anilines is 1. The van der Waals surface area contributed by atoms with E-state index >= 15 is 0 Å². The van der Waals surface area contributed by atoms with E-state index in [0.29, 0.717) is 5.65 Å². The lowest BCUT2D eigenvalue weighted by Gasteiger charge is -2.34. The average Bonchev–Trinajstić information content (AvgIpc) is 3.14. The number of carbonyl (C=O) groups excluding carboxylic acids is 1. The van der Waals surface area contributed by atoms with Gasteiger partial charge in [0.2, 0.25) is 5.91 Å². The van der Waals surface area contributed by atoms with Crippen molar-refractivity contribution < 1.29 is 4.79 Å². The molecule has 7 nitrogen and oxygen atoms in total. The number of fused-ring (bicyclic) bond motifs is 3. The lowest BCUT2D eigenvalue weighted by Crippen LogP contribution is -2.43. The Labute approximate surface area is 145 Å². The van der Waals surface area contributed by atoms with Crippen LogP contribution >= 0.6 is 0 Å². The predicted molar refractivity (Wildman–Crippen MR) is 97.4 cm³/mol. The summed E-state index contributed by atoms with van der Waals surface area (Å²) in [7, 11) is 0. The first-order chi connectivity index (χ1) is 12.3. The molecule has 2 N–H and O–H groups in total. The van der Waals surface area contributed by atoms with Crippen molar-refractivity contribution in [3.63, 3.8) is 0 Å². The largest absolute Gasteiger partial charge is 0.370 e. The van der Waals surface area contributed by atoms with E-state index in [1.54, 1.807) is 6.20 Å². The highest BCUT2D eigenvalue weighted by atomic mass is 16.1. The molecule has 0 saturated carbocycles. The highest BCUT2D eigenvalue weighted by molar-refractivity contribution is 6.08. The van der Waals surface area contributed by atoms with Crippen LogP contribution in [0.4, 0.5) is 5.69 Å². The predicted octanol–water partition coefficient (Wildman–Crippen LogP) is 2.25. The van der Waals surface area contributed by atoms with E-state index in [-0.39, 0.29) is 11.8 Å². The first kappa shape index (κ1) is 15.8. The van der Waals surface area contributed by atoms with Gasteiger partial charge in [0.25, 0.3) is 0 Å². The third-order valence-corrected chi connectivity index (χ3v) is 4.83. The molecule has 0 spiro atoms. The van der Waals surface area contributed by atoms with Crippen LogP contribution in [-0.4, -0.2) is 45.7 Å². The number of rotatable bonds is 4. The second-order valence-corrected chi connectivity index (χ2v) is 6.54. The summed E-state index contributed by atoms with van der Waals surface area (Å²) in [5, 5.41) is 13.5. The molecule has 3 aromatic heterocycles. The Kier molecular flexibility index (Phi) is 4.21. The van der Waals surface area contributed by atoms with Gasteiger partial charge in [0, 0.05) is 43.1 Å². The molecule has 1 saturated heterocycles. The van der Waals surface area contributed by atoms with Gasteiger partial charge >= 0.3 is 0 Å². The van der Waals surface area contributed by atoms with E-state index in [4.69, 9.17) is 0 Å². The number of hydrogen-bond donors (Lipinski definition) is 2. The second kappa shape index (κ2) is 6.66. The van der Waals surface area contributed by atoms with Gasteiger partial charge in [-0.2, -0.15) is 0 Å². The van der Waals surface area contributed by atoms with Crippen LogP contribution in [0.3, 0.4) is 0 Å². The zero-order chi connectivity index (χ0) is 17.2. The summed E-state index contributed by atoms with van der Waals surface area (Å²) in [4.78, 5) is 22.1. The number of hydrogen-bond acceptors (Lipinski definition) is 5. The van der Waals surface area contributed by atoms with Gasteiger partial charge < -0.3 is 15.2 Å². The number of nitrogens with zero attached hydrogens (tertiary/aromatic N) is 4. The van der Waals surface area contributed by atoms with Crippen molar-refractivity contribution in [3.8, 4) is 0 Å². The van der Waals surface area contributed by atoms with Gasteiger partial charge in [-0.25, -0.2) is 4.98 Å². The number of aromatic nitrogens is 4. The van der Waals surface area contributed by atoms with Gasteiger partial charge in [-0.05, 0) is 31.4 Å². The van der Waals surface area contributed by atoms with Crippen molar-refractivity contribution in [1.82, 2.24) is 25.5 Å². The Morgan fingerprint density at radius 2 is 2.32 bits per heavy atom. The maximum Gasteiger partial charge on any atom is 0.224 e. The number of aromatic amines is 1. The summed E-state index contributed by atoms with van der Waals surface area (Å²) < 4.78 is 0. The van der Waals surface area contributed by atoms with Crippen LogP contribution in [0.2, 0.25) is 0 Å². The van der Waals surface area contributed by atoms with Gasteiger partial charge in [0.05, 0.1) is 11.3 Å². The molecule has 1 aliphatic heterocycles. The van der Waals surface area contributed by atoms with Crippen molar-refractivity contribution in [3.05, 3.63) is 24.5 Å². The number of carbonyl (C=O) groups is 1. The minimum Gasteiger partial charge on any atom is -0.370 e. The molecule has 4 heterocycles. The van der Waals surface area contributed by atoms with Crippen molar-refractivity contribution in [1.29, 1.82) is 0 Å². The van der Waals surface area contributed by atoms with E-state index in [1.165, 1.54) is 0 Å². The van der Waals surface area contributed by atoms with Crippen LogP contribution in [0.5, 0.6) is 0 Å². The Hall–Kier alpha value is -2.70. The fraction of sp³-hybridized carbons (Fsp3) is 0.444. The van der Waals surface area contributed by atoms with Crippen molar-refractivity contribution >= 4 is 33.7 Å². The van der Waals surface area contributed by atoms with Crippen LogP contribution in [0.25, 0.3) is 22.1 Å². The molecule has 1 aliphatic rings. The number of amides is 1. The minimum atomic E-state index is 0.0302. The van der Waals surface area contributed by atoms with Crippen LogP contribution in [0.1, 0.15) is 26.2 Å². The lowest BCUT2D eigenvalue weighted by molar-refractivity contribution is -0.125. The van der Waals surface area contributed by atoms with E-state index in [1.807, 2.05) is 12.3 Å². The smallest absolute Gasteiger partial charge is 0.224 e. The summed E-state index contributed by atoms with van der Waals surface area (Å²) in [6.45, 7) is 4.48. The summed E-state index contributed by atoms with van der Waals surface area (Å²) in [5.41, 5.74) is 2.49. The summed E-state index contributed by atoms with van der Waals surface area (Å²) in [6, 6.07) is 4.03. The van der Waals surface area contributed by atoms with Crippen molar-refractivity contribution in [2.24, 2.45) is 5.92 Å². The molecule has 4 rings (SSSR count). The number of H-pyrrole nitrogens is 1. The van der Waals surface area contributed by atoms with Gasteiger partial charge in [-0.15, -0.1) is 10.2 Å². The Bertz CT molecular complexity index is 905. The Balaban J connectivity index is 1.69. The average molecular weight is 338 g/mol. The van der Waals surface area contributed by atoms with Gasteiger partial charge in [-0.3, -0.25) is 4.79 Å². The van der Waals surface area contributed by atoms with Crippen LogP contribution in [0, 0.1) is 5.92 Å². The second-order valence-electron chi connectivity index (χ2n) is 6.54. The van der Waals surface area contributed by atoms with E-state index in [2.05, 4.69) is 43.4 Å². The third-order valence-electron chi connectivity index (χ3n) is 4.83. The first-order valence-electron chi connectivity index (χ1n) is 8.89. The van der Waals surface area contributed by atoms with Gasteiger partial charge in [0.15, 0.2) is 11.3 Å². The third kappa shape index (κ3) is 2.90. The van der Waals surface area contributed by atoms with Crippen molar-refractivity contribution in [2.75, 3.05) is 24.5 Å². The van der Waals surface area contributed by atoms with Crippen molar-refractivity contribution in [2.45, 2.75) is 26.2 Å². The molecule has 1 amide bonds. The number of piperidine rings is 1. The molecule has 1 atom stereocenters. The molecular weight excluding hydrogens is 316 g/mol.